The smallest absolute Gasteiger partial charge is 0.328 e. The quantitative estimate of drug-likeness (QED) is 0.822. The number of hydrogen-bond acceptors (Lipinski definition) is 2. The normalized spacial score (nSPS) is 17.8. The van der Waals surface area contributed by atoms with Crippen molar-refractivity contribution in [3.8, 4) is 0 Å². The van der Waals surface area contributed by atoms with Crippen molar-refractivity contribution in [1.29, 1.82) is 0 Å². The molecule has 0 saturated carbocycles. The molecule has 1 aliphatic heterocycles. The van der Waals surface area contributed by atoms with Gasteiger partial charge in [-0.3, -0.25) is 4.79 Å². The Morgan fingerprint density at radius 2 is 2.04 bits per heavy atom. The Balaban J connectivity index is 2.03. The molecule has 0 aliphatic carbocycles. The average molecular weight is 375 g/mol. The van der Waals surface area contributed by atoms with Crippen LogP contribution in [0.3, 0.4) is 0 Å². The number of amides is 3. The van der Waals surface area contributed by atoms with Gasteiger partial charge in [-0.1, -0.05) is 0 Å². The molecule has 1 N–H and O–H groups in total. The van der Waals surface area contributed by atoms with E-state index in [1.54, 1.807) is 11.9 Å². The van der Waals surface area contributed by atoms with Crippen LogP contribution >= 0.6 is 0 Å². The fourth-order valence-electron chi connectivity index (χ4n) is 2.81. The first kappa shape index (κ1) is 20.0. The fraction of sp³-hybridized carbons (Fsp3) is 0.529. The summed E-state index contributed by atoms with van der Waals surface area (Å²) in [6.45, 7) is 3.14. The number of carbonyl (C=O) groups is 2. The first-order valence-electron chi connectivity index (χ1n) is 8.31. The summed E-state index contributed by atoms with van der Waals surface area (Å²) in [6.07, 6.45) is -3.60. The number of hydrogen-bond donors (Lipinski definition) is 1. The molecule has 1 atom stereocenters. The molecule has 1 unspecified atom stereocenters. The summed E-state index contributed by atoms with van der Waals surface area (Å²) in [5, 5.41) is 2.44. The maximum Gasteiger partial charge on any atom is 0.419 e. The van der Waals surface area contributed by atoms with Crippen molar-refractivity contribution in [3.05, 3.63) is 29.6 Å². The molecule has 1 saturated heterocycles. The van der Waals surface area contributed by atoms with Gasteiger partial charge in [-0.05, 0) is 38.0 Å². The van der Waals surface area contributed by atoms with E-state index >= 15 is 0 Å². The summed E-state index contributed by atoms with van der Waals surface area (Å²) in [6, 6.07) is 2.08. The third-order valence-corrected chi connectivity index (χ3v) is 4.41. The summed E-state index contributed by atoms with van der Waals surface area (Å²) in [4.78, 5) is 27.7. The van der Waals surface area contributed by atoms with Crippen LogP contribution in [0, 0.1) is 11.7 Å². The summed E-state index contributed by atoms with van der Waals surface area (Å²) in [5.41, 5.74) is -1.43. The number of carbonyl (C=O) groups excluding carboxylic acids is 2. The van der Waals surface area contributed by atoms with E-state index < -0.39 is 29.4 Å². The van der Waals surface area contributed by atoms with E-state index in [9.17, 15) is 27.2 Å². The second-order valence-corrected chi connectivity index (χ2v) is 6.26. The van der Waals surface area contributed by atoms with Crippen molar-refractivity contribution < 1.29 is 27.2 Å². The molecule has 1 fully saturated rings. The van der Waals surface area contributed by atoms with Gasteiger partial charge in [0.2, 0.25) is 5.91 Å². The topological polar surface area (TPSA) is 52.7 Å². The van der Waals surface area contributed by atoms with Gasteiger partial charge in [0.15, 0.2) is 0 Å². The zero-order valence-electron chi connectivity index (χ0n) is 14.6. The minimum atomic E-state index is -4.79. The van der Waals surface area contributed by atoms with Crippen LogP contribution in [0.15, 0.2) is 18.2 Å². The van der Waals surface area contributed by atoms with Crippen LogP contribution in [-0.2, 0) is 11.0 Å². The average Bonchev–Trinajstić information content (AvgIpc) is 2.59. The lowest BCUT2D eigenvalue weighted by atomic mass is 9.97. The molecule has 0 aromatic heterocycles. The number of nitrogens with one attached hydrogen (secondary N) is 1. The van der Waals surface area contributed by atoms with Crippen molar-refractivity contribution in [2.24, 2.45) is 5.92 Å². The van der Waals surface area contributed by atoms with Crippen molar-refractivity contribution in [2.45, 2.75) is 25.9 Å². The van der Waals surface area contributed by atoms with Gasteiger partial charge < -0.3 is 15.1 Å². The van der Waals surface area contributed by atoms with E-state index in [0.717, 1.165) is 6.07 Å². The number of anilines is 1. The molecule has 5 nitrogen and oxygen atoms in total. The van der Waals surface area contributed by atoms with E-state index in [2.05, 4.69) is 5.32 Å². The van der Waals surface area contributed by atoms with Gasteiger partial charge in [0, 0.05) is 32.4 Å². The number of likely N-dealkylation sites (tertiary alicyclic amines) is 1. The van der Waals surface area contributed by atoms with Crippen LogP contribution in [0.25, 0.3) is 0 Å². The van der Waals surface area contributed by atoms with Crippen molar-refractivity contribution in [2.75, 3.05) is 32.0 Å². The third kappa shape index (κ3) is 4.64. The summed E-state index contributed by atoms with van der Waals surface area (Å²) in [5.74, 6) is -2.38. The lowest BCUT2D eigenvalue weighted by molar-refractivity contribution is -0.140. The predicted octanol–water partition coefficient (Wildman–Crippen LogP) is 3.57. The Labute approximate surface area is 148 Å². The highest BCUT2D eigenvalue weighted by Gasteiger charge is 2.34. The van der Waals surface area contributed by atoms with Crippen LogP contribution in [-0.4, -0.2) is 48.4 Å². The highest BCUT2D eigenvalue weighted by Crippen LogP contribution is 2.32. The highest BCUT2D eigenvalue weighted by molar-refractivity contribution is 5.93. The van der Waals surface area contributed by atoms with E-state index in [0.29, 0.717) is 38.1 Å². The molecule has 1 aliphatic rings. The number of benzene rings is 1. The van der Waals surface area contributed by atoms with Crippen molar-refractivity contribution in [1.82, 2.24) is 9.80 Å². The van der Waals surface area contributed by atoms with Crippen LogP contribution in [0.1, 0.15) is 25.3 Å². The Hall–Kier alpha value is -2.32. The molecule has 2 rings (SSSR count). The van der Waals surface area contributed by atoms with Crippen LogP contribution in [0.2, 0.25) is 0 Å². The first-order valence-corrected chi connectivity index (χ1v) is 8.31. The summed E-state index contributed by atoms with van der Waals surface area (Å²) >= 11 is 0. The number of halogens is 4. The van der Waals surface area contributed by atoms with Gasteiger partial charge in [-0.2, -0.15) is 13.2 Å². The maximum absolute atomic E-state index is 13.6. The van der Waals surface area contributed by atoms with Crippen LogP contribution in [0.4, 0.5) is 28.0 Å². The minimum Gasteiger partial charge on any atom is -0.328 e. The Kier molecular flexibility index (Phi) is 6.09. The van der Waals surface area contributed by atoms with E-state index in [-0.39, 0.29) is 18.3 Å². The molecular weight excluding hydrogens is 354 g/mol. The van der Waals surface area contributed by atoms with Crippen LogP contribution < -0.4 is 5.32 Å². The number of urea groups is 1. The second kappa shape index (κ2) is 7.92. The molecular formula is C17H21F4N3O2. The fourth-order valence-corrected chi connectivity index (χ4v) is 2.81. The lowest BCUT2D eigenvalue weighted by Crippen LogP contribution is -2.48. The number of nitrogens with zero attached hydrogens (tertiary/aromatic N) is 2. The summed E-state index contributed by atoms with van der Waals surface area (Å²) in [7, 11) is 1.66. The molecule has 144 valence electrons. The number of alkyl halides is 3. The standard InChI is InChI=1S/C17H21F4N3O2/c1-3-23(2)16(26)24-8-4-5-11(10-24)15(25)22-12-6-7-13(14(18)9-12)17(19,20)21/h6-7,9,11H,3-5,8,10H2,1-2H3,(H,22,25). The predicted molar refractivity (Wildman–Crippen MR) is 88.0 cm³/mol. The van der Waals surface area contributed by atoms with Gasteiger partial charge in [0.25, 0.3) is 0 Å². The summed E-state index contributed by atoms with van der Waals surface area (Å²) < 4.78 is 51.3. The van der Waals surface area contributed by atoms with Gasteiger partial charge in [-0.15, -0.1) is 0 Å². The zero-order chi connectivity index (χ0) is 19.5. The molecule has 1 aromatic carbocycles. The van der Waals surface area contributed by atoms with E-state index in [1.807, 2.05) is 6.92 Å². The monoisotopic (exact) mass is 375 g/mol. The Morgan fingerprint density at radius 3 is 2.62 bits per heavy atom. The van der Waals surface area contributed by atoms with Gasteiger partial charge >= 0.3 is 12.2 Å². The van der Waals surface area contributed by atoms with E-state index in [1.165, 1.54) is 4.90 Å². The SMILES string of the molecule is CCN(C)C(=O)N1CCCC(C(=O)Nc2ccc(C(F)(F)F)c(F)c2)C1. The van der Waals surface area contributed by atoms with Gasteiger partial charge in [0.05, 0.1) is 11.5 Å². The number of piperidine rings is 1. The van der Waals surface area contributed by atoms with Gasteiger partial charge in [-0.25, -0.2) is 9.18 Å². The maximum atomic E-state index is 13.6. The highest BCUT2D eigenvalue weighted by atomic mass is 19.4. The molecule has 0 bridgehead atoms. The molecule has 26 heavy (non-hydrogen) atoms. The molecule has 3 amide bonds. The lowest BCUT2D eigenvalue weighted by Gasteiger charge is -2.34. The second-order valence-electron chi connectivity index (χ2n) is 6.26. The van der Waals surface area contributed by atoms with Gasteiger partial charge in [0.1, 0.15) is 5.82 Å². The molecule has 1 heterocycles. The molecule has 9 heteroatoms. The molecule has 1 aromatic rings. The van der Waals surface area contributed by atoms with E-state index in [4.69, 9.17) is 0 Å². The third-order valence-electron chi connectivity index (χ3n) is 4.41. The largest absolute Gasteiger partial charge is 0.419 e. The Bertz CT molecular complexity index is 678. The zero-order valence-corrected chi connectivity index (χ0v) is 14.6. The van der Waals surface area contributed by atoms with Crippen molar-refractivity contribution >= 4 is 17.6 Å². The minimum absolute atomic E-state index is 0.0466. The molecule has 0 radical (unpaired) electrons. The van der Waals surface area contributed by atoms with Crippen molar-refractivity contribution in [3.63, 3.8) is 0 Å². The first-order chi connectivity index (χ1) is 12.1. The Morgan fingerprint density at radius 1 is 1.35 bits per heavy atom. The molecule has 0 spiro atoms. The van der Waals surface area contributed by atoms with Crippen LogP contribution in [0.5, 0.6) is 0 Å². The number of rotatable bonds is 3.